The van der Waals surface area contributed by atoms with Gasteiger partial charge in [-0.1, -0.05) is 103 Å². The molecule has 38 heavy (non-hydrogen) atoms. The highest BCUT2D eigenvalue weighted by atomic mass is 16.1. The molecule has 4 heteroatoms. The van der Waals surface area contributed by atoms with Crippen LogP contribution in [0.4, 0.5) is 0 Å². The quantitative estimate of drug-likeness (QED) is 0.234. The van der Waals surface area contributed by atoms with E-state index in [2.05, 4.69) is 66.7 Å². The first kappa shape index (κ1) is 20.9. The van der Waals surface area contributed by atoms with Crippen molar-refractivity contribution < 1.29 is 0 Å². The third-order valence-corrected chi connectivity index (χ3v) is 7.51. The Balaban J connectivity index is 1.64. The average Bonchev–Trinajstić information content (AvgIpc) is 3.38. The van der Waals surface area contributed by atoms with Crippen LogP contribution in [0.15, 0.2) is 132 Å². The molecule has 0 saturated heterocycles. The normalized spacial score (nSPS) is 11.8. The lowest BCUT2D eigenvalue weighted by atomic mass is 9.90. The fourth-order valence-electron chi connectivity index (χ4n) is 5.95. The maximum atomic E-state index is 14.4. The molecular weight excluding hydrogens is 466 g/mol. The zero-order valence-corrected chi connectivity index (χ0v) is 20.4. The largest absolute Gasteiger partial charge is 0.299 e. The summed E-state index contributed by atoms with van der Waals surface area (Å²) in [5, 5.41) is 4.27. The van der Waals surface area contributed by atoms with Crippen LogP contribution >= 0.6 is 0 Å². The van der Waals surface area contributed by atoms with Crippen molar-refractivity contribution in [3.63, 3.8) is 0 Å². The van der Waals surface area contributed by atoms with Gasteiger partial charge in [-0.05, 0) is 46.2 Å². The van der Waals surface area contributed by atoms with Crippen LogP contribution in [0.2, 0.25) is 0 Å². The SMILES string of the molecule is O=c1c2nc3ccccc3n2c2ccccc2n1-c1c2ccccc2c(-c2ccccc2)c2ccccc12. The molecule has 0 amide bonds. The molecule has 0 radical (unpaired) electrons. The highest BCUT2D eigenvalue weighted by molar-refractivity contribution is 6.18. The molecule has 0 fully saturated rings. The minimum Gasteiger partial charge on any atom is -0.286 e. The van der Waals surface area contributed by atoms with E-state index in [0.717, 1.165) is 54.9 Å². The Labute approximate surface area is 217 Å². The molecule has 6 aromatic carbocycles. The maximum absolute atomic E-state index is 14.4. The van der Waals surface area contributed by atoms with Crippen LogP contribution in [-0.2, 0) is 0 Å². The lowest BCUT2D eigenvalue weighted by Gasteiger charge is -2.20. The summed E-state index contributed by atoms with van der Waals surface area (Å²) in [7, 11) is 0. The van der Waals surface area contributed by atoms with Gasteiger partial charge in [-0.15, -0.1) is 0 Å². The molecule has 0 unspecified atom stereocenters. The number of hydrogen-bond acceptors (Lipinski definition) is 2. The fraction of sp³-hybridized carbons (Fsp3) is 0. The van der Waals surface area contributed by atoms with Crippen molar-refractivity contribution in [2.24, 2.45) is 0 Å². The van der Waals surface area contributed by atoms with E-state index in [-0.39, 0.29) is 5.56 Å². The van der Waals surface area contributed by atoms with Crippen LogP contribution in [0.5, 0.6) is 0 Å². The van der Waals surface area contributed by atoms with E-state index < -0.39 is 0 Å². The highest BCUT2D eigenvalue weighted by Gasteiger charge is 2.21. The van der Waals surface area contributed by atoms with Crippen molar-refractivity contribution >= 4 is 49.3 Å². The Morgan fingerprint density at radius 3 is 1.71 bits per heavy atom. The number of fused-ring (bicyclic) bond motifs is 7. The Morgan fingerprint density at radius 2 is 1.03 bits per heavy atom. The van der Waals surface area contributed by atoms with E-state index in [4.69, 9.17) is 4.98 Å². The van der Waals surface area contributed by atoms with Gasteiger partial charge in [0.2, 0.25) is 5.65 Å². The second kappa shape index (κ2) is 7.89. The van der Waals surface area contributed by atoms with E-state index >= 15 is 0 Å². The molecule has 2 aromatic heterocycles. The molecule has 0 aliphatic carbocycles. The third-order valence-electron chi connectivity index (χ3n) is 7.51. The Morgan fingerprint density at radius 1 is 0.500 bits per heavy atom. The van der Waals surface area contributed by atoms with Gasteiger partial charge in [0, 0.05) is 10.8 Å². The standard InChI is InChI=1S/C34H21N3O/c38-34-33-35-27-18-8-9-19-28(27)36(33)29-20-10-11-21-30(29)37(34)32-25-16-6-4-14-23(25)31(22-12-2-1-3-13-22)24-15-5-7-17-26(24)32/h1-21H. The van der Waals surface area contributed by atoms with E-state index in [1.54, 1.807) is 0 Å². The van der Waals surface area contributed by atoms with Crippen molar-refractivity contribution in [3.05, 3.63) is 138 Å². The van der Waals surface area contributed by atoms with Gasteiger partial charge in [0.05, 0.1) is 27.8 Å². The summed E-state index contributed by atoms with van der Waals surface area (Å²) in [4.78, 5) is 19.2. The summed E-state index contributed by atoms with van der Waals surface area (Å²) in [5.41, 5.74) is 7.01. The predicted molar refractivity (Wildman–Crippen MR) is 156 cm³/mol. The zero-order valence-electron chi connectivity index (χ0n) is 20.4. The highest BCUT2D eigenvalue weighted by Crippen LogP contribution is 2.41. The van der Waals surface area contributed by atoms with Crippen LogP contribution in [0.1, 0.15) is 0 Å². The average molecular weight is 488 g/mol. The summed E-state index contributed by atoms with van der Waals surface area (Å²) >= 11 is 0. The van der Waals surface area contributed by atoms with Crippen LogP contribution < -0.4 is 5.56 Å². The molecule has 8 aromatic rings. The molecule has 8 rings (SSSR count). The van der Waals surface area contributed by atoms with E-state index in [0.29, 0.717) is 5.65 Å². The molecule has 0 aliphatic heterocycles. The van der Waals surface area contributed by atoms with E-state index in [1.165, 1.54) is 5.56 Å². The zero-order chi connectivity index (χ0) is 25.2. The summed E-state index contributed by atoms with van der Waals surface area (Å²) < 4.78 is 3.86. The first-order valence-corrected chi connectivity index (χ1v) is 12.7. The molecular formula is C34H21N3O. The molecule has 0 spiro atoms. The number of para-hydroxylation sites is 4. The van der Waals surface area contributed by atoms with E-state index in [9.17, 15) is 4.79 Å². The van der Waals surface area contributed by atoms with Crippen LogP contribution in [0.25, 0.3) is 66.1 Å². The Kier molecular flexibility index (Phi) is 4.34. The minimum absolute atomic E-state index is 0.136. The van der Waals surface area contributed by atoms with Crippen LogP contribution in [0.3, 0.4) is 0 Å². The van der Waals surface area contributed by atoms with Gasteiger partial charge >= 0.3 is 0 Å². The third kappa shape index (κ3) is 2.80. The topological polar surface area (TPSA) is 39.3 Å². The summed E-state index contributed by atoms with van der Waals surface area (Å²) in [6.45, 7) is 0. The first-order chi connectivity index (χ1) is 18.8. The monoisotopic (exact) mass is 487 g/mol. The Hall–Kier alpha value is -5.22. The second-order valence-electron chi connectivity index (χ2n) is 9.57. The number of rotatable bonds is 2. The number of nitrogens with zero attached hydrogens (tertiary/aromatic N) is 3. The van der Waals surface area contributed by atoms with Gasteiger partial charge in [-0.2, -0.15) is 0 Å². The summed E-state index contributed by atoms with van der Waals surface area (Å²) in [6, 6.07) is 43.3. The van der Waals surface area contributed by atoms with Gasteiger partial charge in [0.25, 0.3) is 5.56 Å². The van der Waals surface area contributed by atoms with Gasteiger partial charge < -0.3 is 0 Å². The van der Waals surface area contributed by atoms with Crippen molar-refractivity contribution in [2.75, 3.05) is 0 Å². The molecule has 4 nitrogen and oxygen atoms in total. The smallest absolute Gasteiger partial charge is 0.286 e. The predicted octanol–water partition coefficient (Wildman–Crippen LogP) is 7.77. The fourth-order valence-corrected chi connectivity index (χ4v) is 5.95. The number of aromatic nitrogens is 3. The molecule has 0 atom stereocenters. The number of benzene rings is 6. The summed E-state index contributed by atoms with van der Waals surface area (Å²) in [5.74, 6) is 0. The van der Waals surface area contributed by atoms with Gasteiger partial charge in [0.15, 0.2) is 0 Å². The van der Waals surface area contributed by atoms with Crippen molar-refractivity contribution in [3.8, 4) is 16.8 Å². The minimum atomic E-state index is -0.136. The van der Waals surface area contributed by atoms with Crippen molar-refractivity contribution in [1.29, 1.82) is 0 Å². The molecule has 2 heterocycles. The lowest BCUT2D eigenvalue weighted by molar-refractivity contribution is 1.04. The van der Waals surface area contributed by atoms with Gasteiger partial charge in [-0.3, -0.25) is 13.8 Å². The second-order valence-corrected chi connectivity index (χ2v) is 9.57. The van der Waals surface area contributed by atoms with E-state index in [1.807, 2.05) is 69.6 Å². The van der Waals surface area contributed by atoms with Crippen LogP contribution in [-0.4, -0.2) is 14.0 Å². The number of imidazole rings is 1. The van der Waals surface area contributed by atoms with Crippen molar-refractivity contribution in [2.45, 2.75) is 0 Å². The Bertz CT molecular complexity index is 2200. The first-order valence-electron chi connectivity index (χ1n) is 12.7. The van der Waals surface area contributed by atoms with Crippen molar-refractivity contribution in [1.82, 2.24) is 14.0 Å². The van der Waals surface area contributed by atoms with Gasteiger partial charge in [-0.25, -0.2) is 4.98 Å². The maximum Gasteiger partial charge on any atom is 0.299 e. The molecule has 178 valence electrons. The molecule has 0 N–H and O–H groups in total. The van der Waals surface area contributed by atoms with Crippen LogP contribution in [0, 0.1) is 0 Å². The lowest BCUT2D eigenvalue weighted by Crippen LogP contribution is -2.22. The van der Waals surface area contributed by atoms with Gasteiger partial charge in [0.1, 0.15) is 0 Å². The summed E-state index contributed by atoms with van der Waals surface area (Å²) in [6.07, 6.45) is 0. The molecule has 0 aliphatic rings. The molecule has 0 bridgehead atoms. The number of hydrogen-bond donors (Lipinski definition) is 0. The molecule has 0 saturated carbocycles.